The van der Waals surface area contributed by atoms with Gasteiger partial charge in [-0.15, -0.1) is 4.70 Å². The largest absolute Gasteiger partial charge is 0.389 e. The lowest BCUT2D eigenvalue weighted by Gasteiger charge is -2.10. The summed E-state index contributed by atoms with van der Waals surface area (Å²) in [6.45, 7) is 0.0838. The van der Waals surface area contributed by atoms with Gasteiger partial charge in [0.2, 0.25) is 6.04 Å². The van der Waals surface area contributed by atoms with Crippen molar-refractivity contribution in [1.29, 1.82) is 5.53 Å². The Hall–Kier alpha value is -2.80. The van der Waals surface area contributed by atoms with Gasteiger partial charge in [-0.1, -0.05) is 35.9 Å². The monoisotopic (exact) mass is 298 g/mol. The first kappa shape index (κ1) is 14.2. The molecule has 0 amide bonds. The highest BCUT2D eigenvalue weighted by Gasteiger charge is 2.24. The van der Waals surface area contributed by atoms with E-state index >= 15 is 0 Å². The van der Waals surface area contributed by atoms with Gasteiger partial charge in [0.1, 0.15) is 17.6 Å². The van der Waals surface area contributed by atoms with Crippen LogP contribution in [-0.4, -0.2) is 31.4 Å². The minimum absolute atomic E-state index is 0.163. The van der Waals surface area contributed by atoms with Gasteiger partial charge in [-0.05, 0) is 0 Å². The predicted molar refractivity (Wildman–Crippen MR) is 79.7 cm³/mol. The smallest absolute Gasteiger partial charge is 0.275 e. The van der Waals surface area contributed by atoms with Gasteiger partial charge in [-0.3, -0.25) is 4.79 Å². The van der Waals surface area contributed by atoms with E-state index in [-0.39, 0.29) is 18.7 Å². The van der Waals surface area contributed by atoms with E-state index in [1.54, 1.807) is 6.20 Å². The molecule has 1 aromatic carbocycles. The van der Waals surface area contributed by atoms with Gasteiger partial charge >= 0.3 is 0 Å². The number of benzene rings is 1. The van der Waals surface area contributed by atoms with Crippen molar-refractivity contribution in [3.05, 3.63) is 64.3 Å². The Bertz CT molecular complexity index is 853. The molecule has 1 unspecified atom stereocenters. The average molecular weight is 298 g/mol. The predicted octanol–water partition coefficient (Wildman–Crippen LogP) is 1.53. The summed E-state index contributed by atoms with van der Waals surface area (Å²) in [6.07, 6.45) is 3.02. The van der Waals surface area contributed by atoms with Crippen LogP contribution in [0.25, 0.3) is 11.0 Å². The van der Waals surface area contributed by atoms with E-state index in [1.807, 2.05) is 30.3 Å². The lowest BCUT2D eigenvalue weighted by atomic mass is 10.1. The highest BCUT2D eigenvalue weighted by atomic mass is 16.3. The quantitative estimate of drug-likeness (QED) is 0.423. The molecule has 3 rings (SSSR count). The first-order valence-corrected chi connectivity index (χ1v) is 6.88. The molecule has 112 valence electrons. The first-order valence-electron chi connectivity index (χ1n) is 6.88. The summed E-state index contributed by atoms with van der Waals surface area (Å²) < 4.78 is 1.29. The summed E-state index contributed by atoms with van der Waals surface area (Å²) in [7, 11) is 0. The van der Waals surface area contributed by atoms with Gasteiger partial charge in [-0.2, -0.15) is 0 Å². The normalized spacial score (nSPS) is 12.4. The topological polar surface area (TPSA) is 109 Å². The fraction of sp³-hybridized carbons (Fsp3) is 0.200. The van der Waals surface area contributed by atoms with Crippen LogP contribution in [0, 0.1) is 5.53 Å². The average Bonchev–Trinajstić information content (AvgIpc) is 2.94. The second-order valence-corrected chi connectivity index (χ2v) is 5.01. The molecule has 3 aromatic rings. The van der Waals surface area contributed by atoms with Crippen LogP contribution in [0.5, 0.6) is 0 Å². The van der Waals surface area contributed by atoms with E-state index in [2.05, 4.69) is 15.0 Å². The Balaban J connectivity index is 1.89. The maximum atomic E-state index is 11.7. The van der Waals surface area contributed by atoms with E-state index in [0.29, 0.717) is 11.0 Å². The van der Waals surface area contributed by atoms with Crippen LogP contribution in [0.1, 0.15) is 17.2 Å². The highest BCUT2D eigenvalue weighted by molar-refractivity contribution is 5.77. The van der Waals surface area contributed by atoms with Crippen molar-refractivity contribution in [2.45, 2.75) is 12.6 Å². The summed E-state index contributed by atoms with van der Waals surface area (Å²) in [4.78, 5) is 21.2. The molecule has 4 N–H and O–H groups in total. The molecule has 2 heterocycles. The number of hydrogen-bond acceptors (Lipinski definition) is 4. The number of rotatable bonds is 5. The standard InChI is InChI=1S/C15H15N5O2/c16-20(12(8-21)10-4-2-1-3-5-10)7-11-6-17-14-13(11)18-9-19-15(14)22/h1-6,9,12,21H,7-8,16H2/p+1. The molecular weight excluding hydrogens is 282 g/mol. The van der Waals surface area contributed by atoms with Crippen LogP contribution in [0.4, 0.5) is 0 Å². The van der Waals surface area contributed by atoms with Crippen LogP contribution in [-0.2, 0) is 6.54 Å². The lowest BCUT2D eigenvalue weighted by molar-refractivity contribution is -0.670. The van der Waals surface area contributed by atoms with Crippen molar-refractivity contribution in [3.8, 4) is 0 Å². The molecule has 0 bridgehead atoms. The number of aliphatic hydroxyl groups excluding tert-OH is 1. The third kappa shape index (κ3) is 2.53. The molecule has 0 fully saturated rings. The second-order valence-electron chi connectivity index (χ2n) is 5.01. The van der Waals surface area contributed by atoms with Crippen molar-refractivity contribution in [2.75, 3.05) is 6.61 Å². The molecule has 0 radical (unpaired) electrons. The summed E-state index contributed by atoms with van der Waals surface area (Å²) >= 11 is 0. The second kappa shape index (κ2) is 5.90. The summed E-state index contributed by atoms with van der Waals surface area (Å²) in [5.74, 6) is 0. The number of aromatic nitrogens is 3. The minimum atomic E-state index is -0.437. The van der Waals surface area contributed by atoms with E-state index in [0.717, 1.165) is 11.1 Å². The van der Waals surface area contributed by atoms with Crippen molar-refractivity contribution in [3.63, 3.8) is 0 Å². The van der Waals surface area contributed by atoms with Gasteiger partial charge in [0.25, 0.3) is 5.56 Å². The molecule has 0 aliphatic rings. The maximum absolute atomic E-state index is 11.7. The van der Waals surface area contributed by atoms with Crippen LogP contribution in [0.15, 0.2) is 47.7 Å². The van der Waals surface area contributed by atoms with Gasteiger partial charge in [-0.25, -0.2) is 4.98 Å². The van der Waals surface area contributed by atoms with Gasteiger partial charge in [0.15, 0.2) is 6.54 Å². The molecule has 1 atom stereocenters. The number of aromatic amines is 2. The molecule has 0 aliphatic carbocycles. The van der Waals surface area contributed by atoms with Crippen LogP contribution >= 0.6 is 0 Å². The molecule has 7 heteroatoms. The maximum Gasteiger partial charge on any atom is 0.275 e. The Morgan fingerprint density at radius 3 is 2.77 bits per heavy atom. The molecule has 2 aromatic heterocycles. The first-order chi connectivity index (χ1) is 10.7. The Labute approximate surface area is 125 Å². The van der Waals surface area contributed by atoms with Gasteiger partial charge < -0.3 is 15.1 Å². The highest BCUT2D eigenvalue weighted by Crippen LogP contribution is 2.20. The van der Waals surface area contributed by atoms with E-state index in [9.17, 15) is 9.90 Å². The van der Waals surface area contributed by atoms with Gasteiger partial charge in [0.05, 0.1) is 11.9 Å². The number of nitrogens with zero attached hydrogens (tertiary/aromatic N) is 2. The molecule has 0 saturated heterocycles. The fourth-order valence-electron chi connectivity index (χ4n) is 2.48. The van der Waals surface area contributed by atoms with E-state index in [4.69, 9.17) is 5.53 Å². The minimum Gasteiger partial charge on any atom is -0.389 e. The number of nitrogens with one attached hydrogen (secondary N) is 3. The van der Waals surface area contributed by atoms with Gasteiger partial charge in [0, 0.05) is 11.8 Å². The molecule has 0 aliphatic heterocycles. The zero-order valence-electron chi connectivity index (χ0n) is 11.8. The molecule has 0 spiro atoms. The zero-order chi connectivity index (χ0) is 15.5. The number of hydrogen-bond donors (Lipinski definition) is 4. The Morgan fingerprint density at radius 2 is 2.05 bits per heavy atom. The van der Waals surface area contributed by atoms with E-state index < -0.39 is 6.04 Å². The molecule has 22 heavy (non-hydrogen) atoms. The number of fused-ring (bicyclic) bond motifs is 1. The van der Waals surface area contributed by atoms with Crippen molar-refractivity contribution in [2.24, 2.45) is 0 Å². The fourth-order valence-corrected chi connectivity index (χ4v) is 2.48. The third-order valence-corrected chi connectivity index (χ3v) is 3.62. The molecule has 0 saturated carbocycles. The molecule has 7 nitrogen and oxygen atoms in total. The summed E-state index contributed by atoms with van der Waals surface area (Å²) in [5.41, 5.74) is 10.5. The van der Waals surface area contributed by atoms with Crippen LogP contribution in [0.3, 0.4) is 0 Å². The third-order valence-electron chi connectivity index (χ3n) is 3.62. The van der Waals surface area contributed by atoms with Crippen molar-refractivity contribution < 1.29 is 9.80 Å². The number of aliphatic hydroxyl groups is 1. The van der Waals surface area contributed by atoms with Crippen molar-refractivity contribution in [1.82, 2.24) is 15.0 Å². The Morgan fingerprint density at radius 1 is 1.27 bits per heavy atom. The zero-order valence-corrected chi connectivity index (χ0v) is 11.8. The van der Waals surface area contributed by atoms with Crippen LogP contribution in [0.2, 0.25) is 0 Å². The lowest BCUT2D eigenvalue weighted by Crippen LogP contribution is -2.19. The van der Waals surface area contributed by atoms with Crippen LogP contribution < -0.4 is 5.56 Å². The summed E-state index contributed by atoms with van der Waals surface area (Å²) in [6, 6.07) is 8.95. The Kier molecular flexibility index (Phi) is 3.80. The van der Waals surface area contributed by atoms with E-state index in [1.165, 1.54) is 11.0 Å². The SMILES string of the molecule is N=[N+](Cc1c[nH]c2c(=O)[nH]cnc12)C(CO)c1ccccc1. The van der Waals surface area contributed by atoms with Crippen molar-refractivity contribution >= 4 is 11.0 Å². The summed E-state index contributed by atoms with van der Waals surface area (Å²) in [5, 5.41) is 9.60. The molecular formula is C15H16N5O2+. The number of H-pyrrole nitrogens is 2.